The van der Waals surface area contributed by atoms with Crippen LogP contribution in [0.2, 0.25) is 0 Å². The minimum absolute atomic E-state index is 0.736. The lowest BCUT2D eigenvalue weighted by Gasteiger charge is -2.12. The van der Waals surface area contributed by atoms with Gasteiger partial charge < -0.3 is 10.6 Å². The first-order valence-corrected chi connectivity index (χ1v) is 9.17. The number of benzene rings is 1. The maximum absolute atomic E-state index is 4.71. The van der Waals surface area contributed by atoms with Crippen LogP contribution < -0.4 is 10.6 Å². The minimum Gasteiger partial charge on any atom is -0.356 e. The summed E-state index contributed by atoms with van der Waals surface area (Å²) in [6, 6.07) is 10.4. The third-order valence-corrected chi connectivity index (χ3v) is 4.44. The second-order valence-corrected chi connectivity index (χ2v) is 6.35. The molecule has 2 aromatic rings. The lowest BCUT2D eigenvalue weighted by molar-refractivity contribution is 0.657. The average Bonchev–Trinajstić information content (AvgIpc) is 2.89. The van der Waals surface area contributed by atoms with Gasteiger partial charge >= 0.3 is 0 Å². The summed E-state index contributed by atoms with van der Waals surface area (Å²) >= 11 is 0. The fourth-order valence-electron chi connectivity index (χ4n) is 2.87. The smallest absolute Gasteiger partial charge is 0.191 e. The van der Waals surface area contributed by atoms with E-state index in [0.29, 0.717) is 0 Å². The zero-order chi connectivity index (χ0) is 18.1. The van der Waals surface area contributed by atoms with Crippen molar-refractivity contribution >= 4 is 5.96 Å². The normalized spacial score (nSPS) is 11.6. The first-order chi connectivity index (χ1) is 12.2. The molecule has 1 heterocycles. The highest BCUT2D eigenvalue weighted by atomic mass is 15.3. The minimum atomic E-state index is 0.736. The van der Waals surface area contributed by atoms with Gasteiger partial charge in [0.1, 0.15) is 0 Å². The van der Waals surface area contributed by atoms with Gasteiger partial charge in [0.25, 0.3) is 0 Å². The van der Waals surface area contributed by atoms with Crippen LogP contribution in [0, 0.1) is 13.8 Å². The molecule has 0 unspecified atom stereocenters. The Hall–Kier alpha value is -2.30. The summed E-state index contributed by atoms with van der Waals surface area (Å²) in [5.41, 5.74) is 4.78. The summed E-state index contributed by atoms with van der Waals surface area (Å²) in [7, 11) is 1.81. The molecule has 0 amide bonds. The molecule has 0 fully saturated rings. The van der Waals surface area contributed by atoms with Gasteiger partial charge in [-0.3, -0.25) is 9.67 Å². The summed E-state index contributed by atoms with van der Waals surface area (Å²) in [4.78, 5) is 4.30. The van der Waals surface area contributed by atoms with Gasteiger partial charge in [0.2, 0.25) is 0 Å². The van der Waals surface area contributed by atoms with Crippen molar-refractivity contribution in [2.75, 3.05) is 13.6 Å². The molecule has 2 N–H and O–H groups in total. The van der Waals surface area contributed by atoms with Crippen LogP contribution in [0.3, 0.4) is 0 Å². The molecule has 0 saturated carbocycles. The lowest BCUT2D eigenvalue weighted by atomic mass is 10.2. The van der Waals surface area contributed by atoms with E-state index in [4.69, 9.17) is 5.10 Å². The summed E-state index contributed by atoms with van der Waals surface area (Å²) in [5.74, 6) is 0.853. The van der Waals surface area contributed by atoms with Gasteiger partial charge in [-0.1, -0.05) is 50.1 Å². The van der Waals surface area contributed by atoms with Crippen LogP contribution in [0.1, 0.15) is 48.7 Å². The molecular weight excluding hydrogens is 310 g/mol. The molecule has 0 aliphatic rings. The van der Waals surface area contributed by atoms with Crippen LogP contribution in [0.4, 0.5) is 0 Å². The summed E-state index contributed by atoms with van der Waals surface area (Å²) < 4.78 is 2.08. The van der Waals surface area contributed by atoms with Gasteiger partial charge in [0, 0.05) is 31.4 Å². The van der Waals surface area contributed by atoms with Crippen LogP contribution in [0.5, 0.6) is 0 Å². The molecule has 2 rings (SSSR count). The molecule has 0 aliphatic heterocycles. The number of aromatic nitrogens is 2. The van der Waals surface area contributed by atoms with Gasteiger partial charge in [0.15, 0.2) is 5.96 Å². The van der Waals surface area contributed by atoms with Crippen LogP contribution in [-0.2, 0) is 13.1 Å². The van der Waals surface area contributed by atoms with Crippen LogP contribution >= 0.6 is 0 Å². The van der Waals surface area contributed by atoms with Gasteiger partial charge in [0.05, 0.1) is 12.2 Å². The van der Waals surface area contributed by atoms with E-state index in [1.807, 2.05) is 13.1 Å². The number of aryl methyl sites for hydroxylation is 1. The highest BCUT2D eigenvalue weighted by Gasteiger charge is 2.12. The Morgan fingerprint density at radius 1 is 1.12 bits per heavy atom. The zero-order valence-corrected chi connectivity index (χ0v) is 16.0. The fourth-order valence-corrected chi connectivity index (χ4v) is 2.87. The highest BCUT2D eigenvalue weighted by Crippen LogP contribution is 2.14. The molecule has 0 aliphatic carbocycles. The predicted molar refractivity (Wildman–Crippen MR) is 105 cm³/mol. The first kappa shape index (κ1) is 19.0. The quantitative estimate of drug-likeness (QED) is 0.439. The SMILES string of the molecule is CCCCCNC(=NC)NCc1c(C)nn(Cc2ccccc2)c1C. The average molecular weight is 342 g/mol. The van der Waals surface area contributed by atoms with E-state index in [1.165, 1.54) is 36.1 Å². The van der Waals surface area contributed by atoms with Crippen molar-refractivity contribution in [3.8, 4) is 0 Å². The maximum Gasteiger partial charge on any atom is 0.191 e. The van der Waals surface area contributed by atoms with Crippen LogP contribution in [-0.4, -0.2) is 29.3 Å². The number of hydrogen-bond donors (Lipinski definition) is 2. The number of hydrogen-bond acceptors (Lipinski definition) is 2. The van der Waals surface area contributed by atoms with Gasteiger partial charge in [-0.15, -0.1) is 0 Å². The molecule has 136 valence electrons. The van der Waals surface area contributed by atoms with Crippen molar-refractivity contribution in [3.63, 3.8) is 0 Å². The molecule has 5 nitrogen and oxygen atoms in total. The van der Waals surface area contributed by atoms with E-state index in [0.717, 1.165) is 31.3 Å². The van der Waals surface area contributed by atoms with Crippen LogP contribution in [0.25, 0.3) is 0 Å². The first-order valence-electron chi connectivity index (χ1n) is 9.17. The standard InChI is InChI=1S/C20H31N5/c1-5-6-10-13-22-20(21-4)23-14-19-16(2)24-25(17(19)3)15-18-11-8-7-9-12-18/h7-9,11-12H,5-6,10,13-15H2,1-4H3,(H2,21,22,23). The highest BCUT2D eigenvalue weighted by molar-refractivity contribution is 5.79. The Bertz CT molecular complexity index is 673. The van der Waals surface area contributed by atoms with E-state index in [2.05, 4.69) is 65.3 Å². The van der Waals surface area contributed by atoms with E-state index < -0.39 is 0 Å². The molecule has 0 saturated heterocycles. The number of rotatable bonds is 8. The lowest BCUT2D eigenvalue weighted by Crippen LogP contribution is -2.37. The Morgan fingerprint density at radius 2 is 1.88 bits per heavy atom. The Labute approximate surface area is 151 Å². The molecule has 5 heteroatoms. The van der Waals surface area contributed by atoms with E-state index in [9.17, 15) is 0 Å². The Balaban J connectivity index is 1.95. The molecule has 0 bridgehead atoms. The van der Waals surface area contributed by atoms with Crippen molar-refractivity contribution in [3.05, 3.63) is 52.8 Å². The van der Waals surface area contributed by atoms with Gasteiger partial charge in [-0.05, 0) is 25.8 Å². The summed E-state index contributed by atoms with van der Waals surface area (Å²) in [5, 5.41) is 11.5. The van der Waals surface area contributed by atoms with E-state index in [1.54, 1.807) is 0 Å². The summed E-state index contributed by atoms with van der Waals surface area (Å²) in [6.45, 7) is 8.92. The number of nitrogens with one attached hydrogen (secondary N) is 2. The largest absolute Gasteiger partial charge is 0.356 e. The Morgan fingerprint density at radius 3 is 2.56 bits per heavy atom. The van der Waals surface area contributed by atoms with E-state index in [-0.39, 0.29) is 0 Å². The molecule has 0 atom stereocenters. The number of nitrogens with zero attached hydrogens (tertiary/aromatic N) is 3. The topological polar surface area (TPSA) is 54.2 Å². The molecule has 1 aromatic heterocycles. The Kier molecular flexibility index (Phi) is 7.51. The zero-order valence-electron chi connectivity index (χ0n) is 16.0. The van der Waals surface area contributed by atoms with Gasteiger partial charge in [-0.2, -0.15) is 5.10 Å². The summed E-state index contributed by atoms with van der Waals surface area (Å²) in [6.07, 6.45) is 3.64. The second-order valence-electron chi connectivity index (χ2n) is 6.35. The van der Waals surface area contributed by atoms with Crippen molar-refractivity contribution in [1.82, 2.24) is 20.4 Å². The molecule has 0 radical (unpaired) electrons. The fraction of sp³-hybridized carbons (Fsp3) is 0.500. The maximum atomic E-state index is 4.71. The van der Waals surface area contributed by atoms with Crippen molar-refractivity contribution < 1.29 is 0 Å². The van der Waals surface area contributed by atoms with Crippen LogP contribution in [0.15, 0.2) is 35.3 Å². The molecule has 25 heavy (non-hydrogen) atoms. The number of unbranched alkanes of at least 4 members (excludes halogenated alkanes) is 2. The second kappa shape index (κ2) is 9.87. The van der Waals surface area contributed by atoms with Crippen molar-refractivity contribution in [1.29, 1.82) is 0 Å². The number of guanidine groups is 1. The van der Waals surface area contributed by atoms with Gasteiger partial charge in [-0.25, -0.2) is 0 Å². The molecule has 0 spiro atoms. The third-order valence-electron chi connectivity index (χ3n) is 4.44. The molecular formula is C20H31N5. The predicted octanol–water partition coefficient (Wildman–Crippen LogP) is 3.40. The van der Waals surface area contributed by atoms with Crippen molar-refractivity contribution in [2.24, 2.45) is 4.99 Å². The molecule has 1 aromatic carbocycles. The number of aliphatic imine (C=N–C) groups is 1. The van der Waals surface area contributed by atoms with Crippen molar-refractivity contribution in [2.45, 2.75) is 53.1 Å². The third kappa shape index (κ3) is 5.62. The van der Waals surface area contributed by atoms with E-state index >= 15 is 0 Å². The monoisotopic (exact) mass is 341 g/mol.